The quantitative estimate of drug-likeness (QED) is 0.521. The molecule has 29 heavy (non-hydrogen) atoms. The molecular formula is C23H21NO5. The third-order valence-electron chi connectivity index (χ3n) is 5.00. The number of ether oxygens (including phenoxy) is 3. The van der Waals surface area contributed by atoms with Gasteiger partial charge in [-0.2, -0.15) is 0 Å². The van der Waals surface area contributed by atoms with Gasteiger partial charge in [-0.1, -0.05) is 36.4 Å². The van der Waals surface area contributed by atoms with Gasteiger partial charge in [0.05, 0.1) is 30.5 Å². The highest BCUT2D eigenvalue weighted by atomic mass is 16.5. The summed E-state index contributed by atoms with van der Waals surface area (Å²) in [6, 6.07) is 16.5. The van der Waals surface area contributed by atoms with Crippen LogP contribution in [0.25, 0.3) is 21.8 Å². The molecule has 4 rings (SSSR count). The van der Waals surface area contributed by atoms with Gasteiger partial charge in [-0.25, -0.2) is 0 Å². The molecule has 0 radical (unpaired) electrons. The molecule has 4 aromatic rings. The minimum atomic E-state index is -0.295. The molecule has 148 valence electrons. The molecule has 0 saturated carbocycles. The number of para-hydroxylation sites is 1. The monoisotopic (exact) mass is 391 g/mol. The zero-order valence-electron chi connectivity index (χ0n) is 16.4. The summed E-state index contributed by atoms with van der Waals surface area (Å²) in [6.07, 6.45) is 0. The van der Waals surface area contributed by atoms with Gasteiger partial charge in [0.25, 0.3) is 0 Å². The number of rotatable bonds is 5. The number of methoxy groups -OCH3 is 2. The van der Waals surface area contributed by atoms with E-state index >= 15 is 0 Å². The first kappa shape index (κ1) is 18.7. The molecule has 1 aromatic heterocycles. The van der Waals surface area contributed by atoms with E-state index in [2.05, 4.69) is 0 Å². The van der Waals surface area contributed by atoms with Gasteiger partial charge in [-0.3, -0.25) is 4.79 Å². The predicted octanol–water partition coefficient (Wildman–Crippen LogP) is 3.99. The fourth-order valence-corrected chi connectivity index (χ4v) is 3.66. The van der Waals surface area contributed by atoms with Crippen molar-refractivity contribution >= 4 is 21.8 Å². The Bertz CT molecular complexity index is 1260. The first-order valence-corrected chi connectivity index (χ1v) is 9.13. The second-order valence-corrected chi connectivity index (χ2v) is 6.67. The van der Waals surface area contributed by atoms with Gasteiger partial charge in [0, 0.05) is 13.1 Å². The molecule has 0 atom stereocenters. The maximum Gasteiger partial charge on any atom is 0.201 e. The number of phenolic OH excluding ortho intramolecular Hbond substituents is 1. The average Bonchev–Trinajstić information content (AvgIpc) is 2.75. The number of aryl methyl sites for hydroxylation is 1. The van der Waals surface area contributed by atoms with Crippen molar-refractivity contribution in [1.82, 2.24) is 4.57 Å². The van der Waals surface area contributed by atoms with Crippen LogP contribution in [-0.4, -0.2) is 23.9 Å². The van der Waals surface area contributed by atoms with Gasteiger partial charge >= 0.3 is 0 Å². The molecule has 0 saturated heterocycles. The van der Waals surface area contributed by atoms with E-state index in [1.807, 2.05) is 36.4 Å². The molecule has 0 bridgehead atoms. The van der Waals surface area contributed by atoms with Gasteiger partial charge in [0.1, 0.15) is 23.6 Å². The van der Waals surface area contributed by atoms with E-state index in [4.69, 9.17) is 14.2 Å². The van der Waals surface area contributed by atoms with Crippen LogP contribution >= 0.6 is 0 Å². The van der Waals surface area contributed by atoms with E-state index in [0.717, 1.165) is 5.56 Å². The number of aromatic nitrogens is 1. The Hall–Kier alpha value is -3.67. The van der Waals surface area contributed by atoms with Gasteiger partial charge in [-0.15, -0.1) is 0 Å². The molecule has 3 aromatic carbocycles. The van der Waals surface area contributed by atoms with Crippen LogP contribution in [0.1, 0.15) is 5.56 Å². The lowest BCUT2D eigenvalue weighted by Crippen LogP contribution is -2.12. The number of hydrogen-bond acceptors (Lipinski definition) is 5. The highest BCUT2D eigenvalue weighted by Gasteiger charge is 2.22. The van der Waals surface area contributed by atoms with Gasteiger partial charge < -0.3 is 23.9 Å². The van der Waals surface area contributed by atoms with Crippen molar-refractivity contribution < 1.29 is 19.3 Å². The largest absolute Gasteiger partial charge is 0.507 e. The van der Waals surface area contributed by atoms with Gasteiger partial charge in [0.15, 0.2) is 11.5 Å². The third kappa shape index (κ3) is 3.02. The van der Waals surface area contributed by atoms with Crippen LogP contribution in [0.4, 0.5) is 0 Å². The number of fused-ring (bicyclic) bond motifs is 2. The fourth-order valence-electron chi connectivity index (χ4n) is 3.66. The molecule has 0 spiro atoms. The van der Waals surface area contributed by atoms with E-state index in [1.54, 1.807) is 23.7 Å². The molecule has 1 N–H and O–H groups in total. The first-order valence-electron chi connectivity index (χ1n) is 9.13. The van der Waals surface area contributed by atoms with Crippen molar-refractivity contribution in [2.45, 2.75) is 6.61 Å². The lowest BCUT2D eigenvalue weighted by Gasteiger charge is -2.18. The lowest BCUT2D eigenvalue weighted by atomic mass is 10.1. The molecule has 6 heteroatoms. The topological polar surface area (TPSA) is 69.9 Å². The Morgan fingerprint density at radius 2 is 1.69 bits per heavy atom. The van der Waals surface area contributed by atoms with Crippen molar-refractivity contribution in [2.75, 3.05) is 14.2 Å². The van der Waals surface area contributed by atoms with E-state index in [9.17, 15) is 9.90 Å². The third-order valence-corrected chi connectivity index (χ3v) is 5.00. The molecular weight excluding hydrogens is 370 g/mol. The maximum absolute atomic E-state index is 13.2. The van der Waals surface area contributed by atoms with E-state index in [-0.39, 0.29) is 16.6 Å². The summed E-state index contributed by atoms with van der Waals surface area (Å²) in [4.78, 5) is 13.2. The number of nitrogens with zero attached hydrogens (tertiary/aromatic N) is 1. The zero-order valence-corrected chi connectivity index (χ0v) is 16.4. The van der Waals surface area contributed by atoms with E-state index in [0.29, 0.717) is 40.3 Å². The van der Waals surface area contributed by atoms with Crippen LogP contribution in [0, 0.1) is 0 Å². The zero-order chi connectivity index (χ0) is 20.5. The Kier molecular flexibility index (Phi) is 4.76. The summed E-state index contributed by atoms with van der Waals surface area (Å²) < 4.78 is 18.7. The van der Waals surface area contributed by atoms with Crippen molar-refractivity contribution in [3.8, 4) is 23.0 Å². The number of benzene rings is 3. The molecule has 0 unspecified atom stereocenters. The molecule has 0 aliphatic heterocycles. The normalized spacial score (nSPS) is 11.0. The summed E-state index contributed by atoms with van der Waals surface area (Å²) in [5.74, 6) is 1.13. The van der Waals surface area contributed by atoms with Crippen molar-refractivity contribution in [2.24, 2.45) is 7.05 Å². The van der Waals surface area contributed by atoms with Crippen LogP contribution in [-0.2, 0) is 13.7 Å². The smallest absolute Gasteiger partial charge is 0.201 e. The predicted molar refractivity (Wildman–Crippen MR) is 112 cm³/mol. The summed E-state index contributed by atoms with van der Waals surface area (Å²) in [5.41, 5.74) is 1.79. The Balaban J connectivity index is 2.01. The maximum atomic E-state index is 13.2. The molecule has 0 aliphatic rings. The summed E-state index contributed by atoms with van der Waals surface area (Å²) in [7, 11) is 4.79. The second-order valence-electron chi connectivity index (χ2n) is 6.67. The highest BCUT2D eigenvalue weighted by Crippen LogP contribution is 2.41. The second kappa shape index (κ2) is 7.39. The minimum Gasteiger partial charge on any atom is -0.507 e. The number of hydrogen-bond donors (Lipinski definition) is 1. The minimum absolute atomic E-state index is 0.157. The van der Waals surface area contributed by atoms with Crippen LogP contribution in [0.2, 0.25) is 0 Å². The average molecular weight is 391 g/mol. The Morgan fingerprint density at radius 3 is 2.38 bits per heavy atom. The lowest BCUT2D eigenvalue weighted by molar-refractivity contribution is 0.309. The van der Waals surface area contributed by atoms with Crippen LogP contribution in [0.3, 0.4) is 0 Å². The highest BCUT2D eigenvalue weighted by molar-refractivity contribution is 6.02. The van der Waals surface area contributed by atoms with Crippen LogP contribution in [0.15, 0.2) is 59.4 Å². The summed E-state index contributed by atoms with van der Waals surface area (Å²) in [5, 5.41) is 11.1. The molecule has 0 amide bonds. The van der Waals surface area contributed by atoms with Crippen molar-refractivity contribution in [1.29, 1.82) is 0 Å². The number of phenols is 1. The van der Waals surface area contributed by atoms with Crippen LogP contribution < -0.4 is 19.6 Å². The van der Waals surface area contributed by atoms with Crippen molar-refractivity contribution in [3.63, 3.8) is 0 Å². The van der Waals surface area contributed by atoms with Gasteiger partial charge in [-0.05, 0) is 17.7 Å². The van der Waals surface area contributed by atoms with E-state index in [1.165, 1.54) is 20.3 Å². The molecule has 6 nitrogen and oxygen atoms in total. The fraction of sp³-hybridized carbons (Fsp3) is 0.174. The number of pyridine rings is 1. The summed E-state index contributed by atoms with van der Waals surface area (Å²) >= 11 is 0. The van der Waals surface area contributed by atoms with E-state index < -0.39 is 0 Å². The standard InChI is InChI=1S/C23H21NO5/c1-24-20-15(10-7-11-17(20)29-13-14-8-5-4-6-9-14)22(26)19-16(25)12-18(27-2)23(28-3)21(19)24/h4-12,25H,13H2,1-3H3. The molecule has 0 aliphatic carbocycles. The summed E-state index contributed by atoms with van der Waals surface area (Å²) in [6.45, 7) is 0.368. The van der Waals surface area contributed by atoms with Gasteiger partial charge in [0.2, 0.25) is 5.43 Å². The molecule has 0 fully saturated rings. The molecule has 1 heterocycles. The Labute approximate surface area is 167 Å². The Morgan fingerprint density at radius 1 is 0.931 bits per heavy atom. The van der Waals surface area contributed by atoms with Crippen LogP contribution in [0.5, 0.6) is 23.0 Å². The first-order chi connectivity index (χ1) is 14.1. The van der Waals surface area contributed by atoms with Crippen molar-refractivity contribution in [3.05, 3.63) is 70.4 Å². The number of aromatic hydroxyl groups is 1. The SMILES string of the molecule is COc1cc(O)c2c(=O)c3cccc(OCc4ccccc4)c3n(C)c2c1OC.